The number of amides is 1. The highest BCUT2D eigenvalue weighted by atomic mass is 127. The zero-order chi connectivity index (χ0) is 20.7. The minimum atomic E-state index is -0.397. The van der Waals surface area contributed by atoms with Crippen molar-refractivity contribution in [3.05, 3.63) is 62.2 Å². The van der Waals surface area contributed by atoms with E-state index in [4.69, 9.17) is 9.47 Å². The van der Waals surface area contributed by atoms with E-state index in [1.54, 1.807) is 19.3 Å². The molecule has 28 heavy (non-hydrogen) atoms. The van der Waals surface area contributed by atoms with Crippen molar-refractivity contribution in [3.63, 3.8) is 0 Å². The number of aryl methyl sites for hydroxylation is 1. The van der Waals surface area contributed by atoms with Crippen LogP contribution in [0.15, 0.2) is 42.0 Å². The molecule has 0 bridgehead atoms. The maximum absolute atomic E-state index is 12.1. The molecule has 0 aromatic heterocycles. The first kappa shape index (κ1) is 21.8. The number of ether oxygens (including phenoxy) is 2. The number of hydrogen-bond donors (Lipinski definition) is 1. The van der Waals surface area contributed by atoms with E-state index in [0.717, 1.165) is 9.13 Å². The highest BCUT2D eigenvalue weighted by Crippen LogP contribution is 2.35. The fourth-order valence-corrected chi connectivity index (χ4v) is 3.36. The van der Waals surface area contributed by atoms with Crippen LogP contribution in [0.1, 0.15) is 30.5 Å². The van der Waals surface area contributed by atoms with Gasteiger partial charge in [-0.25, -0.2) is 0 Å². The van der Waals surface area contributed by atoms with E-state index in [2.05, 4.69) is 34.0 Å². The molecule has 0 aliphatic carbocycles. The number of nitriles is 1. The van der Waals surface area contributed by atoms with Crippen LogP contribution in [-0.4, -0.2) is 19.1 Å². The average molecular weight is 490 g/mol. The highest BCUT2D eigenvalue weighted by molar-refractivity contribution is 14.1. The van der Waals surface area contributed by atoms with Crippen LogP contribution in [-0.2, 0) is 11.4 Å². The Kier molecular flexibility index (Phi) is 7.88. The van der Waals surface area contributed by atoms with Crippen LogP contribution in [0.3, 0.4) is 0 Å². The smallest absolute Gasteiger partial charge is 0.262 e. The fourth-order valence-electron chi connectivity index (χ4n) is 2.58. The van der Waals surface area contributed by atoms with Gasteiger partial charge in [0.2, 0.25) is 0 Å². The van der Waals surface area contributed by atoms with Gasteiger partial charge in [0.05, 0.1) is 10.7 Å². The number of nitrogens with zero attached hydrogens (tertiary/aromatic N) is 1. The molecule has 0 heterocycles. The summed E-state index contributed by atoms with van der Waals surface area (Å²) in [6.45, 7) is 6.15. The normalized spacial score (nSPS) is 11.1. The van der Waals surface area contributed by atoms with Gasteiger partial charge < -0.3 is 14.8 Å². The predicted molar refractivity (Wildman–Crippen MR) is 118 cm³/mol. The molecule has 0 fully saturated rings. The SMILES string of the molecule is COc1cc(/C=C(/C#N)C(=O)NC(C)C)cc(I)c1OCc1cccc(C)c1. The van der Waals surface area contributed by atoms with Crippen molar-refractivity contribution in [2.24, 2.45) is 0 Å². The number of carbonyl (C=O) groups is 1. The molecule has 0 saturated heterocycles. The van der Waals surface area contributed by atoms with E-state index in [-0.39, 0.29) is 11.6 Å². The molecule has 1 amide bonds. The number of hydrogen-bond acceptors (Lipinski definition) is 4. The molecule has 0 spiro atoms. The maximum atomic E-state index is 12.1. The van der Waals surface area contributed by atoms with E-state index in [1.807, 2.05) is 51.1 Å². The number of benzene rings is 2. The number of carbonyl (C=O) groups excluding carboxylic acids is 1. The van der Waals surface area contributed by atoms with Gasteiger partial charge in [0.25, 0.3) is 5.91 Å². The summed E-state index contributed by atoms with van der Waals surface area (Å²) in [6, 6.07) is 13.6. The zero-order valence-electron chi connectivity index (χ0n) is 16.4. The Morgan fingerprint density at radius 3 is 2.68 bits per heavy atom. The van der Waals surface area contributed by atoms with Crippen molar-refractivity contribution in [3.8, 4) is 17.6 Å². The third-order valence-electron chi connectivity index (χ3n) is 3.81. The van der Waals surface area contributed by atoms with E-state index < -0.39 is 5.91 Å². The second-order valence-electron chi connectivity index (χ2n) is 6.61. The summed E-state index contributed by atoms with van der Waals surface area (Å²) in [5.74, 6) is 0.783. The molecule has 1 N–H and O–H groups in total. The second-order valence-corrected chi connectivity index (χ2v) is 7.77. The lowest BCUT2D eigenvalue weighted by Gasteiger charge is -2.14. The van der Waals surface area contributed by atoms with Crippen LogP contribution < -0.4 is 14.8 Å². The van der Waals surface area contributed by atoms with E-state index in [0.29, 0.717) is 23.7 Å². The van der Waals surface area contributed by atoms with Gasteiger partial charge in [0, 0.05) is 6.04 Å². The Labute approximate surface area is 179 Å². The Bertz CT molecular complexity index is 930. The van der Waals surface area contributed by atoms with Gasteiger partial charge in [0.1, 0.15) is 18.2 Å². The number of rotatable bonds is 7. The summed E-state index contributed by atoms with van der Waals surface area (Å²) < 4.78 is 12.3. The molecule has 2 aromatic rings. The first-order chi connectivity index (χ1) is 13.3. The lowest BCUT2D eigenvalue weighted by molar-refractivity contribution is -0.117. The molecule has 146 valence electrons. The Morgan fingerprint density at radius 2 is 2.07 bits per heavy atom. The highest BCUT2D eigenvalue weighted by Gasteiger charge is 2.14. The topological polar surface area (TPSA) is 71.3 Å². The molecule has 0 aliphatic rings. The first-order valence-corrected chi connectivity index (χ1v) is 9.90. The predicted octanol–water partition coefficient (Wildman–Crippen LogP) is 4.62. The van der Waals surface area contributed by atoms with Crippen molar-refractivity contribution >= 4 is 34.6 Å². The van der Waals surface area contributed by atoms with Crippen LogP contribution in [0.5, 0.6) is 11.5 Å². The molecule has 0 radical (unpaired) electrons. The van der Waals surface area contributed by atoms with Crippen molar-refractivity contribution in [2.45, 2.75) is 33.4 Å². The third kappa shape index (κ3) is 5.99. The minimum absolute atomic E-state index is 0.0417. The van der Waals surface area contributed by atoms with Crippen LogP contribution in [0.25, 0.3) is 6.08 Å². The van der Waals surface area contributed by atoms with Gasteiger partial charge in [-0.3, -0.25) is 4.79 Å². The van der Waals surface area contributed by atoms with E-state index >= 15 is 0 Å². The summed E-state index contributed by atoms with van der Waals surface area (Å²) in [5.41, 5.74) is 2.98. The molecule has 0 unspecified atom stereocenters. The van der Waals surface area contributed by atoms with Crippen LogP contribution >= 0.6 is 22.6 Å². The van der Waals surface area contributed by atoms with Gasteiger partial charge in [-0.05, 0) is 72.7 Å². The van der Waals surface area contributed by atoms with Crippen LogP contribution in [0, 0.1) is 21.8 Å². The summed E-state index contributed by atoms with van der Waals surface area (Å²) in [5, 5.41) is 12.0. The van der Waals surface area contributed by atoms with Gasteiger partial charge in [-0.15, -0.1) is 0 Å². The number of halogens is 1. The Morgan fingerprint density at radius 1 is 1.32 bits per heavy atom. The quantitative estimate of drug-likeness (QED) is 0.350. The average Bonchev–Trinajstić information content (AvgIpc) is 2.64. The lowest BCUT2D eigenvalue weighted by atomic mass is 10.1. The van der Waals surface area contributed by atoms with Crippen LogP contribution in [0.4, 0.5) is 0 Å². The number of methoxy groups -OCH3 is 1. The molecule has 5 nitrogen and oxygen atoms in total. The summed E-state index contributed by atoms with van der Waals surface area (Å²) in [4.78, 5) is 12.1. The fraction of sp³-hybridized carbons (Fsp3) is 0.273. The van der Waals surface area contributed by atoms with Crippen molar-refractivity contribution in [2.75, 3.05) is 7.11 Å². The Hall–Kier alpha value is -2.53. The van der Waals surface area contributed by atoms with Gasteiger partial charge in [0.15, 0.2) is 11.5 Å². The minimum Gasteiger partial charge on any atom is -0.493 e. The first-order valence-electron chi connectivity index (χ1n) is 8.82. The van der Waals surface area contributed by atoms with E-state index in [1.165, 1.54) is 5.56 Å². The maximum Gasteiger partial charge on any atom is 0.262 e. The molecule has 6 heteroatoms. The molecule has 0 saturated carbocycles. The van der Waals surface area contributed by atoms with Crippen molar-refractivity contribution in [1.82, 2.24) is 5.32 Å². The molecule has 0 aliphatic heterocycles. The molecule has 0 atom stereocenters. The molecular weight excluding hydrogens is 467 g/mol. The monoisotopic (exact) mass is 490 g/mol. The number of nitrogens with one attached hydrogen (secondary N) is 1. The third-order valence-corrected chi connectivity index (χ3v) is 4.61. The Balaban J connectivity index is 2.28. The summed E-state index contributed by atoms with van der Waals surface area (Å²) in [6.07, 6.45) is 1.55. The summed E-state index contributed by atoms with van der Waals surface area (Å²) in [7, 11) is 1.56. The zero-order valence-corrected chi connectivity index (χ0v) is 18.5. The lowest BCUT2D eigenvalue weighted by Crippen LogP contribution is -2.30. The molecule has 2 rings (SSSR count). The van der Waals surface area contributed by atoms with Gasteiger partial charge >= 0.3 is 0 Å². The van der Waals surface area contributed by atoms with Gasteiger partial charge in [-0.1, -0.05) is 29.8 Å². The molecule has 2 aromatic carbocycles. The second kappa shape index (κ2) is 10.1. The van der Waals surface area contributed by atoms with Crippen molar-refractivity contribution < 1.29 is 14.3 Å². The summed E-state index contributed by atoms with van der Waals surface area (Å²) >= 11 is 2.16. The standard InChI is InChI=1S/C22H23IN2O3/c1-14(2)25-22(26)18(12-24)9-17-10-19(23)21(20(11-17)27-4)28-13-16-7-5-6-15(3)8-16/h5-11,14H,13H2,1-4H3,(H,25,26)/b18-9-. The molecular formula is C22H23IN2O3. The largest absolute Gasteiger partial charge is 0.493 e. The van der Waals surface area contributed by atoms with Crippen LogP contribution in [0.2, 0.25) is 0 Å². The van der Waals surface area contributed by atoms with E-state index in [9.17, 15) is 10.1 Å². The van der Waals surface area contributed by atoms with Gasteiger partial charge in [-0.2, -0.15) is 5.26 Å². The van der Waals surface area contributed by atoms with Crippen molar-refractivity contribution in [1.29, 1.82) is 5.26 Å².